The van der Waals surface area contributed by atoms with E-state index < -0.39 is 17.1 Å². The Hall–Kier alpha value is -2.02. The number of carbonyl (C=O) groups excluding carboxylic acids is 3. The lowest BCUT2D eigenvalue weighted by atomic mass is 10.2. The molecule has 1 aliphatic carbocycles. The van der Waals surface area contributed by atoms with Crippen molar-refractivity contribution < 1.29 is 19.1 Å². The molecule has 1 aromatic heterocycles. The van der Waals surface area contributed by atoms with Crippen molar-refractivity contribution in [1.29, 1.82) is 0 Å². The molecular formula is C18H22N2O4S. The van der Waals surface area contributed by atoms with E-state index in [1.165, 1.54) is 25.7 Å². The van der Waals surface area contributed by atoms with Crippen LogP contribution in [0.15, 0.2) is 23.4 Å². The average molecular weight is 362 g/mol. The summed E-state index contributed by atoms with van der Waals surface area (Å²) in [5, 5.41) is -0.438. The summed E-state index contributed by atoms with van der Waals surface area (Å²) in [7, 11) is 0. The Balaban J connectivity index is 1.68. The summed E-state index contributed by atoms with van der Waals surface area (Å²) in [6.07, 6.45) is 10.3. The van der Waals surface area contributed by atoms with Gasteiger partial charge in [-0.25, -0.2) is 0 Å². The molecule has 2 heterocycles. The van der Waals surface area contributed by atoms with E-state index in [4.69, 9.17) is 4.74 Å². The van der Waals surface area contributed by atoms with E-state index in [2.05, 4.69) is 4.57 Å². The van der Waals surface area contributed by atoms with Crippen LogP contribution < -0.4 is 0 Å². The summed E-state index contributed by atoms with van der Waals surface area (Å²) in [5.74, 6) is -1.02. The molecule has 7 heteroatoms. The van der Waals surface area contributed by atoms with Crippen molar-refractivity contribution in [3.05, 3.63) is 28.9 Å². The highest BCUT2D eigenvalue weighted by atomic mass is 32.2. The van der Waals surface area contributed by atoms with Crippen molar-refractivity contribution in [3.8, 4) is 0 Å². The van der Waals surface area contributed by atoms with Gasteiger partial charge in [0.1, 0.15) is 6.54 Å². The van der Waals surface area contributed by atoms with Gasteiger partial charge < -0.3 is 9.30 Å². The molecule has 0 radical (unpaired) electrons. The Morgan fingerprint density at radius 1 is 1.36 bits per heavy atom. The molecule has 1 aromatic rings. The number of ether oxygens (including phenoxy) is 1. The molecule has 134 valence electrons. The molecule has 0 spiro atoms. The minimum atomic E-state index is -0.578. The summed E-state index contributed by atoms with van der Waals surface area (Å²) < 4.78 is 7.19. The first-order valence-electron chi connectivity index (χ1n) is 8.56. The molecule has 1 saturated heterocycles. The van der Waals surface area contributed by atoms with Crippen LogP contribution in [-0.4, -0.2) is 39.2 Å². The highest BCUT2D eigenvalue weighted by Crippen LogP contribution is 2.33. The van der Waals surface area contributed by atoms with Crippen LogP contribution in [0.5, 0.6) is 0 Å². The van der Waals surface area contributed by atoms with Gasteiger partial charge in [-0.2, -0.15) is 0 Å². The highest BCUT2D eigenvalue weighted by molar-refractivity contribution is 8.18. The lowest BCUT2D eigenvalue weighted by Crippen LogP contribution is -2.35. The van der Waals surface area contributed by atoms with Crippen LogP contribution >= 0.6 is 11.8 Å². The molecule has 2 aliphatic rings. The fourth-order valence-corrected chi connectivity index (χ4v) is 4.00. The van der Waals surface area contributed by atoms with E-state index in [9.17, 15) is 14.4 Å². The Morgan fingerprint density at radius 2 is 2.08 bits per heavy atom. The largest absolute Gasteiger partial charge is 0.462 e. The molecule has 0 N–H and O–H groups in total. The van der Waals surface area contributed by atoms with Crippen LogP contribution in [0.1, 0.15) is 51.1 Å². The molecule has 25 heavy (non-hydrogen) atoms. The van der Waals surface area contributed by atoms with Gasteiger partial charge in [0.05, 0.1) is 11.0 Å². The van der Waals surface area contributed by atoms with E-state index in [1.807, 2.05) is 18.5 Å². The van der Waals surface area contributed by atoms with Crippen LogP contribution in [0.2, 0.25) is 0 Å². The lowest BCUT2D eigenvalue weighted by Gasteiger charge is -2.13. The predicted molar refractivity (Wildman–Crippen MR) is 95.8 cm³/mol. The van der Waals surface area contributed by atoms with E-state index in [0.29, 0.717) is 10.9 Å². The first-order valence-corrected chi connectivity index (χ1v) is 9.38. The zero-order chi connectivity index (χ0) is 18.0. The summed E-state index contributed by atoms with van der Waals surface area (Å²) in [5.41, 5.74) is 0.891. The maximum absolute atomic E-state index is 12.4. The van der Waals surface area contributed by atoms with Gasteiger partial charge in [-0.15, -0.1) is 0 Å². The Labute approximate surface area is 151 Å². The van der Waals surface area contributed by atoms with Gasteiger partial charge in [0.15, 0.2) is 0 Å². The van der Waals surface area contributed by atoms with Gasteiger partial charge in [0.2, 0.25) is 0 Å². The Morgan fingerprint density at radius 3 is 2.76 bits per heavy atom. The molecule has 2 amide bonds. The molecular weight excluding hydrogens is 340 g/mol. The van der Waals surface area contributed by atoms with Crippen molar-refractivity contribution in [2.24, 2.45) is 0 Å². The second-order valence-electron chi connectivity index (χ2n) is 6.64. The number of hydrogen-bond donors (Lipinski definition) is 0. The van der Waals surface area contributed by atoms with Gasteiger partial charge in [0.25, 0.3) is 11.1 Å². The Kier molecular flexibility index (Phi) is 5.32. The molecule has 2 fully saturated rings. The second-order valence-corrected chi connectivity index (χ2v) is 7.63. The number of amides is 2. The molecule has 3 rings (SSSR count). The van der Waals surface area contributed by atoms with Gasteiger partial charge >= 0.3 is 5.97 Å². The summed E-state index contributed by atoms with van der Waals surface area (Å²) in [4.78, 5) is 37.4. The predicted octanol–water partition coefficient (Wildman–Crippen LogP) is 3.59. The first kappa shape index (κ1) is 17.8. The molecule has 1 saturated carbocycles. The number of aromatic nitrogens is 1. The molecule has 1 aliphatic heterocycles. The lowest BCUT2D eigenvalue weighted by molar-refractivity contribution is -0.149. The smallest absolute Gasteiger partial charge is 0.326 e. The zero-order valence-electron chi connectivity index (χ0n) is 14.4. The van der Waals surface area contributed by atoms with Gasteiger partial charge in [-0.05, 0) is 56.2 Å². The highest BCUT2D eigenvalue weighted by Gasteiger charge is 2.36. The normalized spacial score (nSPS) is 20.3. The Bertz CT molecular complexity index is 716. The SMILES string of the molecule is CC(C)OC(=O)CN1C(=O)S/C(=C\c2ccn(C3CCCC3)c2)C1=O. The van der Waals surface area contributed by atoms with E-state index in [0.717, 1.165) is 22.2 Å². The number of imide groups is 1. The van der Waals surface area contributed by atoms with Crippen LogP contribution in [0, 0.1) is 0 Å². The van der Waals surface area contributed by atoms with E-state index in [1.54, 1.807) is 19.9 Å². The zero-order valence-corrected chi connectivity index (χ0v) is 15.3. The van der Waals surface area contributed by atoms with Crippen LogP contribution in [0.4, 0.5) is 4.79 Å². The third-order valence-electron chi connectivity index (χ3n) is 4.31. The van der Waals surface area contributed by atoms with Crippen LogP contribution in [0.25, 0.3) is 6.08 Å². The number of rotatable bonds is 5. The first-order chi connectivity index (χ1) is 11.9. The van der Waals surface area contributed by atoms with Gasteiger partial charge in [-0.1, -0.05) is 12.8 Å². The topological polar surface area (TPSA) is 68.6 Å². The fourth-order valence-electron chi connectivity index (χ4n) is 3.16. The standard InChI is InChI=1S/C18H22N2O4S/c1-12(2)24-16(21)11-20-17(22)15(25-18(20)23)9-13-7-8-19(10-13)14-5-3-4-6-14/h7-10,12,14H,3-6,11H2,1-2H3/b15-9-. The number of hydrogen-bond acceptors (Lipinski definition) is 5. The summed E-state index contributed by atoms with van der Waals surface area (Å²) in [6.45, 7) is 3.10. The monoisotopic (exact) mass is 362 g/mol. The van der Waals surface area contributed by atoms with Crippen molar-refractivity contribution >= 4 is 35.0 Å². The van der Waals surface area contributed by atoms with E-state index >= 15 is 0 Å². The third kappa shape index (κ3) is 4.15. The van der Waals surface area contributed by atoms with Gasteiger partial charge in [-0.3, -0.25) is 19.3 Å². The average Bonchev–Trinajstić information content (AvgIpc) is 3.25. The maximum Gasteiger partial charge on any atom is 0.326 e. The minimum Gasteiger partial charge on any atom is -0.462 e. The molecule has 0 aromatic carbocycles. The molecule has 0 bridgehead atoms. The number of thioether (sulfide) groups is 1. The number of carbonyl (C=O) groups is 3. The molecule has 6 nitrogen and oxygen atoms in total. The third-order valence-corrected chi connectivity index (χ3v) is 5.22. The van der Waals surface area contributed by atoms with Crippen molar-refractivity contribution in [1.82, 2.24) is 9.47 Å². The van der Waals surface area contributed by atoms with Crippen molar-refractivity contribution in [2.75, 3.05) is 6.54 Å². The number of esters is 1. The van der Waals surface area contributed by atoms with Crippen LogP contribution in [0.3, 0.4) is 0 Å². The second kappa shape index (κ2) is 7.47. The van der Waals surface area contributed by atoms with E-state index in [-0.39, 0.29) is 12.6 Å². The van der Waals surface area contributed by atoms with Crippen molar-refractivity contribution in [3.63, 3.8) is 0 Å². The maximum atomic E-state index is 12.4. The fraction of sp³-hybridized carbons (Fsp3) is 0.500. The summed E-state index contributed by atoms with van der Waals surface area (Å²) >= 11 is 0.861. The number of nitrogens with zero attached hydrogens (tertiary/aromatic N) is 2. The molecule has 0 atom stereocenters. The quantitative estimate of drug-likeness (QED) is 0.591. The summed E-state index contributed by atoms with van der Waals surface area (Å²) in [6, 6.07) is 2.47. The van der Waals surface area contributed by atoms with Crippen LogP contribution in [-0.2, 0) is 14.3 Å². The minimum absolute atomic E-state index is 0.279. The van der Waals surface area contributed by atoms with Crippen molar-refractivity contribution in [2.45, 2.75) is 51.7 Å². The van der Waals surface area contributed by atoms with Gasteiger partial charge in [0, 0.05) is 18.4 Å². The molecule has 0 unspecified atom stereocenters.